The van der Waals surface area contributed by atoms with E-state index < -0.39 is 10.0 Å². The van der Waals surface area contributed by atoms with Gasteiger partial charge in [-0.1, -0.05) is 27.7 Å². The Labute approximate surface area is 132 Å². The van der Waals surface area contributed by atoms with Gasteiger partial charge in [0.25, 0.3) is 0 Å². The summed E-state index contributed by atoms with van der Waals surface area (Å²) in [6.45, 7) is 9.98. The second kappa shape index (κ2) is 6.93. The minimum atomic E-state index is -3.60. The Balaban J connectivity index is 3.34. The van der Waals surface area contributed by atoms with E-state index in [0.717, 1.165) is 24.6 Å². The average Bonchev–Trinajstić information content (AvgIpc) is 2.69. The van der Waals surface area contributed by atoms with Crippen LogP contribution >= 0.6 is 11.5 Å². The number of aromatic nitrogens is 1. The number of nitrogen functional groups attached to an aromatic ring is 1. The van der Waals surface area contributed by atoms with Crippen LogP contribution in [0.3, 0.4) is 0 Å². The summed E-state index contributed by atoms with van der Waals surface area (Å²) in [6, 6.07) is 0. The van der Waals surface area contributed by atoms with Crippen LogP contribution in [0.2, 0.25) is 0 Å². The van der Waals surface area contributed by atoms with Crippen LogP contribution in [-0.4, -0.2) is 44.3 Å². The van der Waals surface area contributed by atoms with Crippen LogP contribution in [0.4, 0.5) is 10.8 Å². The summed E-state index contributed by atoms with van der Waals surface area (Å²) in [5.74, 6) is 0.921. The predicted octanol–water partition coefficient (Wildman–Crippen LogP) is 2.09. The first-order valence-corrected chi connectivity index (χ1v) is 9.21. The van der Waals surface area contributed by atoms with Crippen molar-refractivity contribution in [2.24, 2.45) is 11.8 Å². The standard InChI is InChI=1S/C13H26N4O2S2/c1-9(2)7-17(8-10(3)4)13-11(12(14)15-20-13)21(18,19)16(5)6/h9-10H,7-8H2,1-6H3,(H2,14,15). The van der Waals surface area contributed by atoms with Gasteiger partial charge in [0, 0.05) is 27.2 Å². The fourth-order valence-corrected chi connectivity index (χ4v) is 4.27. The van der Waals surface area contributed by atoms with Gasteiger partial charge in [-0.3, -0.25) is 0 Å². The summed E-state index contributed by atoms with van der Waals surface area (Å²) in [7, 11) is -0.586. The Bertz CT molecular complexity index is 555. The van der Waals surface area contributed by atoms with E-state index in [2.05, 4.69) is 37.0 Å². The third kappa shape index (κ3) is 4.31. The highest BCUT2D eigenvalue weighted by Gasteiger charge is 2.30. The lowest BCUT2D eigenvalue weighted by molar-refractivity contribution is 0.518. The van der Waals surface area contributed by atoms with E-state index in [1.165, 1.54) is 18.4 Å². The molecule has 0 spiro atoms. The number of hydrogen-bond donors (Lipinski definition) is 1. The number of rotatable bonds is 7. The van der Waals surface area contributed by atoms with Gasteiger partial charge in [0.2, 0.25) is 10.0 Å². The molecule has 0 aliphatic rings. The molecule has 0 saturated carbocycles. The predicted molar refractivity (Wildman–Crippen MR) is 89.3 cm³/mol. The Kier molecular flexibility index (Phi) is 6.01. The first-order chi connectivity index (χ1) is 9.57. The maximum Gasteiger partial charge on any atom is 0.249 e. The lowest BCUT2D eigenvalue weighted by Gasteiger charge is -2.28. The van der Waals surface area contributed by atoms with Gasteiger partial charge in [0.15, 0.2) is 10.7 Å². The van der Waals surface area contributed by atoms with Crippen molar-refractivity contribution < 1.29 is 8.42 Å². The smallest absolute Gasteiger partial charge is 0.249 e. The van der Waals surface area contributed by atoms with Crippen molar-refractivity contribution in [3.05, 3.63) is 0 Å². The second-order valence-corrected chi connectivity index (χ2v) is 9.02. The van der Waals surface area contributed by atoms with E-state index in [4.69, 9.17) is 5.73 Å². The Morgan fingerprint density at radius 3 is 2.00 bits per heavy atom. The zero-order valence-electron chi connectivity index (χ0n) is 13.6. The summed E-state index contributed by atoms with van der Waals surface area (Å²) < 4.78 is 30.2. The van der Waals surface area contributed by atoms with Crippen LogP contribution < -0.4 is 10.6 Å². The van der Waals surface area contributed by atoms with Crippen molar-refractivity contribution >= 4 is 32.4 Å². The second-order valence-electron chi connectivity index (χ2n) is 6.18. The molecule has 21 heavy (non-hydrogen) atoms. The van der Waals surface area contributed by atoms with E-state index >= 15 is 0 Å². The first kappa shape index (κ1) is 18.2. The molecule has 0 radical (unpaired) electrons. The van der Waals surface area contributed by atoms with Crippen LogP contribution in [-0.2, 0) is 10.0 Å². The molecule has 0 aromatic carbocycles. The molecule has 0 bridgehead atoms. The molecule has 0 saturated heterocycles. The van der Waals surface area contributed by atoms with Crippen LogP contribution in [0.25, 0.3) is 0 Å². The van der Waals surface area contributed by atoms with Crippen molar-refractivity contribution in [2.45, 2.75) is 32.6 Å². The van der Waals surface area contributed by atoms with Gasteiger partial charge in [0.1, 0.15) is 5.00 Å². The van der Waals surface area contributed by atoms with Gasteiger partial charge in [-0.2, -0.15) is 4.37 Å². The molecule has 1 aromatic heterocycles. The monoisotopic (exact) mass is 334 g/mol. The molecule has 0 aliphatic heterocycles. The van der Waals surface area contributed by atoms with Crippen LogP contribution in [0.15, 0.2) is 4.90 Å². The summed E-state index contributed by atoms with van der Waals surface area (Å²) in [4.78, 5) is 2.22. The number of nitrogens with zero attached hydrogens (tertiary/aromatic N) is 3. The molecule has 122 valence electrons. The highest BCUT2D eigenvalue weighted by atomic mass is 32.2. The quantitative estimate of drug-likeness (QED) is 0.826. The zero-order chi connectivity index (χ0) is 16.4. The Morgan fingerprint density at radius 2 is 1.62 bits per heavy atom. The van der Waals surface area contributed by atoms with Crippen molar-refractivity contribution in [3.8, 4) is 0 Å². The summed E-state index contributed by atoms with van der Waals surface area (Å²) in [5.41, 5.74) is 5.83. The first-order valence-electron chi connectivity index (χ1n) is 7.00. The maximum atomic E-state index is 12.5. The normalized spacial score (nSPS) is 12.6. The third-order valence-corrected chi connectivity index (χ3v) is 5.79. The number of nitrogens with two attached hydrogens (primary N) is 1. The van der Waals surface area contributed by atoms with Gasteiger partial charge in [0.05, 0.1) is 0 Å². The fourth-order valence-electron chi connectivity index (χ4n) is 2.03. The van der Waals surface area contributed by atoms with E-state index in [0.29, 0.717) is 16.8 Å². The van der Waals surface area contributed by atoms with E-state index in [9.17, 15) is 8.42 Å². The molecule has 1 rings (SSSR count). The highest BCUT2D eigenvalue weighted by molar-refractivity contribution is 7.89. The zero-order valence-corrected chi connectivity index (χ0v) is 15.3. The molecular weight excluding hydrogens is 308 g/mol. The Hall–Kier alpha value is -0.860. The van der Waals surface area contributed by atoms with Gasteiger partial charge in [-0.15, -0.1) is 0 Å². The van der Waals surface area contributed by atoms with Crippen molar-refractivity contribution in [3.63, 3.8) is 0 Å². The molecular formula is C13H26N4O2S2. The molecule has 2 N–H and O–H groups in total. The molecule has 0 atom stereocenters. The highest BCUT2D eigenvalue weighted by Crippen LogP contribution is 2.36. The van der Waals surface area contributed by atoms with Crippen molar-refractivity contribution in [1.82, 2.24) is 8.68 Å². The lowest BCUT2D eigenvalue weighted by atomic mass is 10.1. The van der Waals surface area contributed by atoms with Crippen LogP contribution in [0.1, 0.15) is 27.7 Å². The molecule has 0 amide bonds. The van der Waals surface area contributed by atoms with Crippen LogP contribution in [0, 0.1) is 11.8 Å². The van der Waals surface area contributed by atoms with Gasteiger partial charge >= 0.3 is 0 Å². The fraction of sp³-hybridized carbons (Fsp3) is 0.769. The molecule has 1 aromatic rings. The largest absolute Gasteiger partial charge is 0.382 e. The molecule has 8 heteroatoms. The van der Waals surface area contributed by atoms with Crippen molar-refractivity contribution in [2.75, 3.05) is 37.8 Å². The van der Waals surface area contributed by atoms with E-state index in [1.54, 1.807) is 0 Å². The minimum absolute atomic E-state index is 0.0845. The average molecular weight is 335 g/mol. The van der Waals surface area contributed by atoms with Gasteiger partial charge in [-0.25, -0.2) is 12.7 Å². The number of sulfonamides is 1. The molecule has 0 unspecified atom stereocenters. The summed E-state index contributed by atoms with van der Waals surface area (Å²) in [6.07, 6.45) is 0. The maximum absolute atomic E-state index is 12.5. The third-order valence-electron chi connectivity index (χ3n) is 2.85. The van der Waals surface area contributed by atoms with E-state index in [1.807, 2.05) is 0 Å². The Morgan fingerprint density at radius 1 is 1.14 bits per heavy atom. The molecule has 0 fully saturated rings. The van der Waals surface area contributed by atoms with Gasteiger partial charge in [-0.05, 0) is 23.4 Å². The molecule has 0 aliphatic carbocycles. The SMILES string of the molecule is CC(C)CN(CC(C)C)c1snc(N)c1S(=O)(=O)N(C)C. The van der Waals surface area contributed by atoms with Gasteiger partial charge < -0.3 is 10.6 Å². The van der Waals surface area contributed by atoms with Crippen molar-refractivity contribution in [1.29, 1.82) is 0 Å². The van der Waals surface area contributed by atoms with E-state index in [-0.39, 0.29) is 10.7 Å². The number of hydrogen-bond acceptors (Lipinski definition) is 6. The van der Waals surface area contributed by atoms with Crippen LogP contribution in [0.5, 0.6) is 0 Å². The molecule has 1 heterocycles. The summed E-state index contributed by atoms with van der Waals surface area (Å²) in [5, 5.41) is 0.642. The minimum Gasteiger partial charge on any atom is -0.382 e. The topological polar surface area (TPSA) is 79.5 Å². The summed E-state index contributed by atoms with van der Waals surface area (Å²) >= 11 is 1.16. The molecule has 6 nitrogen and oxygen atoms in total. The lowest BCUT2D eigenvalue weighted by Crippen LogP contribution is -2.33. The number of anilines is 2.